The second-order valence-electron chi connectivity index (χ2n) is 4.52. The first-order chi connectivity index (χ1) is 10.6. The summed E-state index contributed by atoms with van der Waals surface area (Å²) in [5.41, 5.74) is 2.56. The van der Waals surface area contributed by atoms with Crippen LogP contribution in [0.1, 0.15) is 12.5 Å². The van der Waals surface area contributed by atoms with Crippen LogP contribution in [-0.2, 0) is 4.79 Å². The minimum absolute atomic E-state index is 0.000796. The first kappa shape index (κ1) is 15.4. The highest BCUT2D eigenvalue weighted by Crippen LogP contribution is 2.17. The zero-order chi connectivity index (χ0) is 15.9. The minimum atomic E-state index is -0.500. The number of carbonyl (C=O) groups excluding carboxylic acids is 2. The first-order valence-corrected chi connectivity index (χ1v) is 6.75. The molecule has 0 aliphatic heterocycles. The maximum absolute atomic E-state index is 11.6. The third-order valence-electron chi connectivity index (χ3n) is 2.84. The van der Waals surface area contributed by atoms with Crippen LogP contribution in [-0.4, -0.2) is 45.2 Å². The molecule has 0 radical (unpaired) electrons. The van der Waals surface area contributed by atoms with Gasteiger partial charge in [-0.05, 0) is 48.0 Å². The SMILES string of the molecule is CCNC(=O)NC(=O)CNc1ccc(-n2cnnn2)c(C)c1. The van der Waals surface area contributed by atoms with E-state index in [1.165, 1.54) is 6.33 Å². The Kier molecular flexibility index (Phi) is 5.02. The van der Waals surface area contributed by atoms with Crippen molar-refractivity contribution in [2.45, 2.75) is 13.8 Å². The van der Waals surface area contributed by atoms with E-state index in [4.69, 9.17) is 0 Å². The van der Waals surface area contributed by atoms with E-state index in [1.54, 1.807) is 11.6 Å². The van der Waals surface area contributed by atoms with Crippen LogP contribution in [0.15, 0.2) is 24.5 Å². The molecule has 0 saturated heterocycles. The second kappa shape index (κ2) is 7.16. The van der Waals surface area contributed by atoms with Crippen LogP contribution >= 0.6 is 0 Å². The number of nitrogens with one attached hydrogen (secondary N) is 3. The van der Waals surface area contributed by atoms with E-state index in [-0.39, 0.29) is 6.54 Å². The number of anilines is 1. The van der Waals surface area contributed by atoms with Gasteiger partial charge in [0.25, 0.3) is 0 Å². The third-order valence-corrected chi connectivity index (χ3v) is 2.84. The van der Waals surface area contributed by atoms with E-state index in [0.717, 1.165) is 16.9 Å². The van der Waals surface area contributed by atoms with Crippen molar-refractivity contribution in [1.82, 2.24) is 30.8 Å². The monoisotopic (exact) mass is 303 g/mol. The smallest absolute Gasteiger partial charge is 0.321 e. The summed E-state index contributed by atoms with van der Waals surface area (Å²) >= 11 is 0. The summed E-state index contributed by atoms with van der Waals surface area (Å²) < 4.78 is 1.56. The number of urea groups is 1. The van der Waals surface area contributed by atoms with Crippen LogP contribution in [0.3, 0.4) is 0 Å². The Balaban J connectivity index is 1.93. The fourth-order valence-electron chi connectivity index (χ4n) is 1.85. The van der Waals surface area contributed by atoms with Crippen LogP contribution in [0.5, 0.6) is 0 Å². The maximum atomic E-state index is 11.6. The van der Waals surface area contributed by atoms with Crippen molar-refractivity contribution in [3.8, 4) is 5.69 Å². The zero-order valence-corrected chi connectivity index (χ0v) is 12.3. The molecule has 3 N–H and O–H groups in total. The maximum Gasteiger partial charge on any atom is 0.321 e. The predicted octanol–water partition coefficient (Wildman–Crippen LogP) is 0.228. The van der Waals surface area contributed by atoms with Gasteiger partial charge in [-0.15, -0.1) is 5.10 Å². The van der Waals surface area contributed by atoms with Gasteiger partial charge in [-0.3, -0.25) is 10.1 Å². The molecule has 1 aromatic heterocycles. The van der Waals surface area contributed by atoms with E-state index in [9.17, 15) is 9.59 Å². The fraction of sp³-hybridized carbons (Fsp3) is 0.308. The Morgan fingerprint density at radius 1 is 1.32 bits per heavy atom. The second-order valence-corrected chi connectivity index (χ2v) is 4.52. The number of rotatable bonds is 5. The number of hydrogen-bond donors (Lipinski definition) is 3. The normalized spacial score (nSPS) is 10.1. The molecule has 2 rings (SSSR count). The van der Waals surface area contributed by atoms with Gasteiger partial charge in [-0.2, -0.15) is 0 Å². The molecule has 1 heterocycles. The van der Waals surface area contributed by atoms with E-state index in [0.29, 0.717) is 6.54 Å². The highest BCUT2D eigenvalue weighted by molar-refractivity contribution is 5.96. The number of imide groups is 1. The van der Waals surface area contributed by atoms with Crippen LogP contribution in [0, 0.1) is 6.92 Å². The molecule has 0 aliphatic rings. The molecule has 0 aliphatic carbocycles. The molecule has 0 atom stereocenters. The van der Waals surface area contributed by atoms with Crippen LogP contribution in [0.2, 0.25) is 0 Å². The third kappa shape index (κ3) is 4.01. The lowest BCUT2D eigenvalue weighted by Crippen LogP contribution is -2.41. The van der Waals surface area contributed by atoms with E-state index >= 15 is 0 Å². The van der Waals surface area contributed by atoms with Gasteiger partial charge in [0, 0.05) is 12.2 Å². The highest BCUT2D eigenvalue weighted by atomic mass is 16.2. The lowest BCUT2D eigenvalue weighted by atomic mass is 10.2. The number of nitrogens with zero attached hydrogens (tertiary/aromatic N) is 4. The lowest BCUT2D eigenvalue weighted by molar-refractivity contribution is -0.118. The van der Waals surface area contributed by atoms with Gasteiger partial charge in [0.05, 0.1) is 12.2 Å². The van der Waals surface area contributed by atoms with Crippen molar-refractivity contribution < 1.29 is 9.59 Å². The molecule has 9 nitrogen and oxygen atoms in total. The van der Waals surface area contributed by atoms with Crippen molar-refractivity contribution in [2.24, 2.45) is 0 Å². The van der Waals surface area contributed by atoms with Crippen molar-refractivity contribution in [2.75, 3.05) is 18.4 Å². The topological polar surface area (TPSA) is 114 Å². The van der Waals surface area contributed by atoms with Gasteiger partial charge in [0.15, 0.2) is 0 Å². The van der Waals surface area contributed by atoms with Gasteiger partial charge in [-0.25, -0.2) is 9.48 Å². The Hall–Kier alpha value is -2.97. The zero-order valence-electron chi connectivity index (χ0n) is 12.3. The molecule has 0 spiro atoms. The fourth-order valence-corrected chi connectivity index (χ4v) is 1.85. The number of aryl methyl sites for hydroxylation is 1. The Bertz CT molecular complexity index is 654. The van der Waals surface area contributed by atoms with E-state index < -0.39 is 11.9 Å². The molecule has 116 valence electrons. The molecule has 0 bridgehead atoms. The van der Waals surface area contributed by atoms with E-state index in [2.05, 4.69) is 31.5 Å². The average Bonchev–Trinajstić information content (AvgIpc) is 2.99. The molecule has 3 amide bonds. The molecule has 0 fully saturated rings. The Morgan fingerprint density at radius 3 is 2.77 bits per heavy atom. The first-order valence-electron chi connectivity index (χ1n) is 6.75. The molecular formula is C13H17N7O2. The number of tetrazole rings is 1. The molecular weight excluding hydrogens is 286 g/mol. The standard InChI is InChI=1S/C13H17N7O2/c1-3-14-13(22)17-12(21)7-15-10-4-5-11(9(2)6-10)20-8-16-18-19-20/h4-6,8,15H,3,7H2,1-2H3,(H2,14,17,21,22). The van der Waals surface area contributed by atoms with Gasteiger partial charge < -0.3 is 10.6 Å². The average molecular weight is 303 g/mol. The number of amides is 3. The summed E-state index contributed by atoms with van der Waals surface area (Å²) in [6, 6.07) is 5.02. The van der Waals surface area contributed by atoms with E-state index in [1.807, 2.05) is 25.1 Å². The molecule has 2 aromatic rings. The van der Waals surface area contributed by atoms with Gasteiger partial charge in [0.1, 0.15) is 6.33 Å². The van der Waals surface area contributed by atoms with Gasteiger partial charge in [-0.1, -0.05) is 0 Å². The summed E-state index contributed by atoms with van der Waals surface area (Å²) in [5, 5.41) is 18.7. The van der Waals surface area contributed by atoms with Gasteiger partial charge in [0.2, 0.25) is 5.91 Å². The molecule has 22 heavy (non-hydrogen) atoms. The highest BCUT2D eigenvalue weighted by Gasteiger charge is 2.07. The van der Waals surface area contributed by atoms with Crippen LogP contribution in [0.4, 0.5) is 10.5 Å². The largest absolute Gasteiger partial charge is 0.376 e. The summed E-state index contributed by atoms with van der Waals surface area (Å²) in [6.07, 6.45) is 1.51. The summed E-state index contributed by atoms with van der Waals surface area (Å²) in [4.78, 5) is 22.8. The summed E-state index contributed by atoms with van der Waals surface area (Å²) in [5.74, 6) is -0.409. The lowest BCUT2D eigenvalue weighted by Gasteiger charge is -2.10. The molecule has 0 unspecified atom stereocenters. The summed E-state index contributed by atoms with van der Waals surface area (Å²) in [7, 11) is 0. The van der Waals surface area contributed by atoms with Crippen molar-refractivity contribution >= 4 is 17.6 Å². The number of carbonyl (C=O) groups is 2. The Morgan fingerprint density at radius 2 is 2.14 bits per heavy atom. The van der Waals surface area contributed by atoms with Crippen LogP contribution < -0.4 is 16.0 Å². The number of aromatic nitrogens is 4. The quantitative estimate of drug-likeness (QED) is 0.728. The van der Waals surface area contributed by atoms with Crippen molar-refractivity contribution in [3.05, 3.63) is 30.1 Å². The molecule has 1 aromatic carbocycles. The minimum Gasteiger partial charge on any atom is -0.376 e. The van der Waals surface area contributed by atoms with Crippen molar-refractivity contribution in [3.63, 3.8) is 0 Å². The molecule has 0 saturated carbocycles. The summed E-state index contributed by atoms with van der Waals surface area (Å²) in [6.45, 7) is 4.15. The van der Waals surface area contributed by atoms with Gasteiger partial charge >= 0.3 is 6.03 Å². The van der Waals surface area contributed by atoms with Crippen LogP contribution in [0.25, 0.3) is 5.69 Å². The Labute approximate surface area is 127 Å². The predicted molar refractivity (Wildman–Crippen MR) is 79.6 cm³/mol. The number of benzene rings is 1. The number of hydrogen-bond acceptors (Lipinski definition) is 6. The van der Waals surface area contributed by atoms with Crippen molar-refractivity contribution in [1.29, 1.82) is 0 Å². The molecule has 9 heteroatoms.